The van der Waals surface area contributed by atoms with Crippen LogP contribution < -0.4 is 0 Å². The van der Waals surface area contributed by atoms with Crippen molar-refractivity contribution in [2.24, 2.45) is 0 Å². The number of rotatable bonds is 4. The van der Waals surface area contributed by atoms with Crippen molar-refractivity contribution in [3.05, 3.63) is 113 Å². The van der Waals surface area contributed by atoms with E-state index >= 15 is 0 Å². The van der Waals surface area contributed by atoms with E-state index in [-0.39, 0.29) is 18.0 Å². The fourth-order valence-corrected chi connectivity index (χ4v) is 3.29. The smallest absolute Gasteiger partial charge is 0.338 e. The zero-order valence-electron chi connectivity index (χ0n) is 13.7. The fourth-order valence-electron chi connectivity index (χ4n) is 3.29. The highest BCUT2D eigenvalue weighted by Gasteiger charge is 2.30. The van der Waals surface area contributed by atoms with Gasteiger partial charge in [0, 0.05) is 5.92 Å². The first-order valence-electron chi connectivity index (χ1n) is 8.41. The Hall–Kier alpha value is -3.13. The monoisotopic (exact) mass is 326 g/mol. The number of carbonyl (C=O) groups excluding carboxylic acids is 1. The summed E-state index contributed by atoms with van der Waals surface area (Å²) in [5.74, 6) is -0.279. The largest absolute Gasteiger partial charge is 0.453 e. The Morgan fingerprint density at radius 1 is 0.800 bits per heavy atom. The van der Waals surface area contributed by atoms with Gasteiger partial charge in [-0.05, 0) is 28.8 Å². The molecule has 0 heterocycles. The Kier molecular flexibility index (Phi) is 4.17. The van der Waals surface area contributed by atoms with Crippen LogP contribution in [0.3, 0.4) is 0 Å². The molecule has 0 fully saturated rings. The third-order valence-corrected chi connectivity index (χ3v) is 4.54. The van der Waals surface area contributed by atoms with Crippen molar-refractivity contribution in [3.63, 3.8) is 0 Å². The van der Waals surface area contributed by atoms with Gasteiger partial charge in [-0.15, -0.1) is 0 Å². The zero-order valence-corrected chi connectivity index (χ0v) is 13.7. The molecule has 2 heteroatoms. The summed E-state index contributed by atoms with van der Waals surface area (Å²) in [6, 6.07) is 27.3. The molecule has 25 heavy (non-hydrogen) atoms. The first kappa shape index (κ1) is 15.4. The molecule has 0 N–H and O–H groups in total. The molecule has 122 valence electrons. The van der Waals surface area contributed by atoms with E-state index in [0.717, 1.165) is 5.56 Å². The molecule has 1 aliphatic carbocycles. The number of benzene rings is 3. The minimum Gasteiger partial charge on any atom is -0.453 e. The van der Waals surface area contributed by atoms with E-state index in [9.17, 15) is 4.79 Å². The maximum atomic E-state index is 12.7. The molecule has 0 aromatic heterocycles. The van der Waals surface area contributed by atoms with Crippen LogP contribution in [0.4, 0.5) is 0 Å². The van der Waals surface area contributed by atoms with Gasteiger partial charge < -0.3 is 4.74 Å². The normalized spacial score (nSPS) is 16.2. The SMILES string of the molecule is O=C(OC(c1ccccc1)C1C=Cc2ccccc21)c1ccccc1. The van der Waals surface area contributed by atoms with Gasteiger partial charge in [0.2, 0.25) is 0 Å². The van der Waals surface area contributed by atoms with E-state index in [1.165, 1.54) is 11.1 Å². The van der Waals surface area contributed by atoms with E-state index in [2.05, 4.69) is 24.3 Å². The number of ether oxygens (including phenoxy) is 1. The average Bonchev–Trinajstić information content (AvgIpc) is 3.11. The molecule has 2 nitrogen and oxygen atoms in total. The number of hydrogen-bond donors (Lipinski definition) is 0. The molecule has 3 aromatic rings. The fraction of sp³-hybridized carbons (Fsp3) is 0.0870. The molecule has 0 aliphatic heterocycles. The maximum absolute atomic E-state index is 12.7. The minimum atomic E-state index is -0.353. The number of esters is 1. The maximum Gasteiger partial charge on any atom is 0.338 e. The van der Waals surface area contributed by atoms with Gasteiger partial charge in [0.1, 0.15) is 6.10 Å². The van der Waals surface area contributed by atoms with Crippen LogP contribution in [-0.2, 0) is 4.74 Å². The number of fused-ring (bicyclic) bond motifs is 1. The lowest BCUT2D eigenvalue weighted by molar-refractivity contribution is 0.0264. The Labute approximate surface area is 147 Å². The van der Waals surface area contributed by atoms with Crippen molar-refractivity contribution < 1.29 is 9.53 Å². The van der Waals surface area contributed by atoms with Crippen LogP contribution in [0.15, 0.2) is 91.0 Å². The standard InChI is InChI=1S/C23H18O2/c24-23(19-12-5-2-6-13-19)25-22(18-10-3-1-4-11-18)21-16-15-17-9-7-8-14-20(17)21/h1-16,21-22H. The van der Waals surface area contributed by atoms with E-state index in [1.807, 2.05) is 60.7 Å². The van der Waals surface area contributed by atoms with Gasteiger partial charge in [-0.2, -0.15) is 0 Å². The molecular formula is C23H18O2. The van der Waals surface area contributed by atoms with E-state index in [1.54, 1.807) is 12.1 Å². The Bertz CT molecular complexity index is 898. The molecule has 0 amide bonds. The number of hydrogen-bond acceptors (Lipinski definition) is 2. The summed E-state index contributed by atoms with van der Waals surface area (Å²) in [5.41, 5.74) is 3.94. The molecule has 2 atom stereocenters. The first-order valence-corrected chi connectivity index (χ1v) is 8.41. The molecule has 1 aliphatic rings. The van der Waals surface area contributed by atoms with Gasteiger partial charge in [-0.25, -0.2) is 4.79 Å². The van der Waals surface area contributed by atoms with Crippen molar-refractivity contribution >= 4 is 12.0 Å². The van der Waals surface area contributed by atoms with Crippen LogP contribution in [-0.4, -0.2) is 5.97 Å². The predicted octanol–water partition coefficient (Wildman–Crippen LogP) is 5.40. The van der Waals surface area contributed by atoms with Crippen molar-refractivity contribution in [1.29, 1.82) is 0 Å². The lowest BCUT2D eigenvalue weighted by Crippen LogP contribution is -2.17. The topological polar surface area (TPSA) is 26.3 Å². The molecule has 0 saturated heterocycles. The summed E-state index contributed by atoms with van der Waals surface area (Å²) in [4.78, 5) is 12.7. The van der Waals surface area contributed by atoms with Crippen LogP contribution in [0.5, 0.6) is 0 Å². The van der Waals surface area contributed by atoms with Crippen molar-refractivity contribution in [2.45, 2.75) is 12.0 Å². The Balaban J connectivity index is 1.69. The average molecular weight is 326 g/mol. The molecule has 3 aromatic carbocycles. The second-order valence-corrected chi connectivity index (χ2v) is 6.12. The van der Waals surface area contributed by atoms with Crippen LogP contribution in [0.2, 0.25) is 0 Å². The van der Waals surface area contributed by atoms with Crippen LogP contribution in [0, 0.1) is 0 Å². The highest BCUT2D eigenvalue weighted by atomic mass is 16.5. The van der Waals surface area contributed by atoms with Gasteiger partial charge in [0.05, 0.1) is 5.56 Å². The van der Waals surface area contributed by atoms with Crippen LogP contribution in [0.25, 0.3) is 6.08 Å². The molecule has 0 bridgehead atoms. The summed E-state index contributed by atoms with van der Waals surface area (Å²) < 4.78 is 5.97. The second kappa shape index (κ2) is 6.78. The van der Waals surface area contributed by atoms with E-state index in [4.69, 9.17) is 4.74 Å². The summed E-state index contributed by atoms with van der Waals surface area (Å²) in [7, 11) is 0. The first-order chi connectivity index (χ1) is 12.3. The third-order valence-electron chi connectivity index (χ3n) is 4.54. The Morgan fingerprint density at radius 3 is 2.20 bits per heavy atom. The summed E-state index contributed by atoms with van der Waals surface area (Å²) in [5, 5.41) is 0. The molecular weight excluding hydrogens is 308 g/mol. The molecule has 2 unspecified atom stereocenters. The molecule has 0 saturated carbocycles. The summed E-state index contributed by atoms with van der Waals surface area (Å²) in [6.07, 6.45) is 3.88. The zero-order chi connectivity index (χ0) is 17.1. The quantitative estimate of drug-likeness (QED) is 0.600. The highest BCUT2D eigenvalue weighted by molar-refractivity contribution is 5.89. The summed E-state index contributed by atoms with van der Waals surface area (Å²) >= 11 is 0. The second-order valence-electron chi connectivity index (χ2n) is 6.12. The molecule has 0 spiro atoms. The highest BCUT2D eigenvalue weighted by Crippen LogP contribution is 2.41. The third kappa shape index (κ3) is 3.11. The minimum absolute atomic E-state index is 0.0197. The van der Waals surface area contributed by atoms with Crippen LogP contribution >= 0.6 is 0 Å². The van der Waals surface area contributed by atoms with Gasteiger partial charge in [0.15, 0.2) is 0 Å². The van der Waals surface area contributed by atoms with Crippen molar-refractivity contribution in [3.8, 4) is 0 Å². The molecule has 0 radical (unpaired) electrons. The Morgan fingerprint density at radius 2 is 1.44 bits per heavy atom. The lowest BCUT2D eigenvalue weighted by Gasteiger charge is -2.24. The van der Waals surface area contributed by atoms with Crippen molar-refractivity contribution in [1.82, 2.24) is 0 Å². The number of carbonyl (C=O) groups is 1. The van der Waals surface area contributed by atoms with Gasteiger partial charge >= 0.3 is 5.97 Å². The van der Waals surface area contributed by atoms with Gasteiger partial charge in [-0.3, -0.25) is 0 Å². The van der Waals surface area contributed by atoms with Crippen molar-refractivity contribution in [2.75, 3.05) is 0 Å². The van der Waals surface area contributed by atoms with E-state index < -0.39 is 0 Å². The van der Waals surface area contributed by atoms with Crippen LogP contribution in [0.1, 0.15) is 39.1 Å². The summed E-state index contributed by atoms with van der Waals surface area (Å²) in [6.45, 7) is 0. The van der Waals surface area contributed by atoms with Gasteiger partial charge in [-0.1, -0.05) is 84.9 Å². The van der Waals surface area contributed by atoms with E-state index in [0.29, 0.717) is 5.56 Å². The van der Waals surface area contributed by atoms with Gasteiger partial charge in [0.25, 0.3) is 0 Å². The predicted molar refractivity (Wildman–Crippen MR) is 99.3 cm³/mol. The molecule has 4 rings (SSSR count). The lowest BCUT2D eigenvalue weighted by atomic mass is 9.90.